The maximum Gasteiger partial charge on any atom is 0.146 e. The van der Waals surface area contributed by atoms with Gasteiger partial charge in [0.15, 0.2) is 0 Å². The molecule has 0 saturated heterocycles. The summed E-state index contributed by atoms with van der Waals surface area (Å²) in [7, 11) is 0. The van der Waals surface area contributed by atoms with Crippen LogP contribution in [0.2, 0.25) is 0 Å². The molecule has 19 heavy (non-hydrogen) atoms. The second-order valence-electron chi connectivity index (χ2n) is 4.21. The third-order valence-electron chi connectivity index (χ3n) is 3.08. The predicted octanol–water partition coefficient (Wildman–Crippen LogP) is 4.37. The fraction of sp³-hybridized carbons (Fsp3) is 0.200. The zero-order chi connectivity index (χ0) is 14.0. The molecule has 0 heterocycles. The van der Waals surface area contributed by atoms with Gasteiger partial charge in [0, 0.05) is 0 Å². The first kappa shape index (κ1) is 14.2. The fourth-order valence-electron chi connectivity index (χ4n) is 2.07. The number of aryl methyl sites for hydroxylation is 1. The molecule has 0 aliphatic carbocycles. The lowest BCUT2D eigenvalue weighted by molar-refractivity contribution is 0.207. The van der Waals surface area contributed by atoms with E-state index in [0.29, 0.717) is 12.0 Å². The van der Waals surface area contributed by atoms with Gasteiger partial charge in [0.25, 0.3) is 0 Å². The molecule has 0 radical (unpaired) electrons. The molecule has 1 N–H and O–H groups in total. The molecule has 1 atom stereocenters. The number of aliphatic hydroxyl groups is 1. The van der Waals surface area contributed by atoms with E-state index in [0.717, 1.165) is 11.6 Å². The van der Waals surface area contributed by atoms with Crippen molar-refractivity contribution in [2.75, 3.05) is 0 Å². The summed E-state index contributed by atoms with van der Waals surface area (Å²) in [6, 6.07) is 9.52. The average molecular weight is 327 g/mol. The lowest BCUT2D eigenvalue weighted by Gasteiger charge is -2.17. The molecule has 1 nitrogen and oxygen atoms in total. The molecule has 2 rings (SSSR count). The van der Waals surface area contributed by atoms with E-state index in [4.69, 9.17) is 0 Å². The van der Waals surface area contributed by atoms with Gasteiger partial charge >= 0.3 is 0 Å². The minimum atomic E-state index is -1.31. The van der Waals surface area contributed by atoms with Crippen LogP contribution in [-0.2, 0) is 6.42 Å². The van der Waals surface area contributed by atoms with E-state index < -0.39 is 17.7 Å². The third kappa shape index (κ3) is 2.69. The Kier molecular flexibility index (Phi) is 4.32. The van der Waals surface area contributed by atoms with Crippen molar-refractivity contribution in [3.63, 3.8) is 0 Å². The van der Waals surface area contributed by atoms with Crippen LogP contribution in [0.25, 0.3) is 0 Å². The number of rotatable bonds is 3. The van der Waals surface area contributed by atoms with Crippen LogP contribution in [0.15, 0.2) is 40.9 Å². The lowest BCUT2D eigenvalue weighted by Crippen LogP contribution is -2.08. The molecule has 100 valence electrons. The van der Waals surface area contributed by atoms with Crippen molar-refractivity contribution >= 4 is 15.9 Å². The molecule has 2 aromatic carbocycles. The first-order valence-corrected chi connectivity index (χ1v) is 6.74. The van der Waals surface area contributed by atoms with Gasteiger partial charge in [-0.2, -0.15) is 0 Å². The minimum Gasteiger partial charge on any atom is -0.383 e. The maximum absolute atomic E-state index is 14.0. The Morgan fingerprint density at radius 1 is 1.16 bits per heavy atom. The topological polar surface area (TPSA) is 20.2 Å². The fourth-order valence-corrected chi connectivity index (χ4v) is 2.42. The second kappa shape index (κ2) is 5.80. The maximum atomic E-state index is 14.0. The molecule has 0 aliphatic heterocycles. The number of aliphatic hydroxyl groups excluding tert-OH is 1. The molecule has 0 amide bonds. The first-order chi connectivity index (χ1) is 9.06. The Bertz CT molecular complexity index is 599. The highest BCUT2D eigenvalue weighted by molar-refractivity contribution is 9.10. The van der Waals surface area contributed by atoms with Gasteiger partial charge in [0.2, 0.25) is 0 Å². The third-order valence-corrected chi connectivity index (χ3v) is 3.70. The van der Waals surface area contributed by atoms with Crippen LogP contribution < -0.4 is 0 Å². The summed E-state index contributed by atoms with van der Waals surface area (Å²) in [5.74, 6) is -1.52. The van der Waals surface area contributed by atoms with Gasteiger partial charge in [-0.1, -0.05) is 31.2 Å². The highest BCUT2D eigenvalue weighted by Gasteiger charge is 2.23. The van der Waals surface area contributed by atoms with E-state index in [1.807, 2.05) is 19.1 Å². The Morgan fingerprint density at radius 3 is 2.53 bits per heavy atom. The van der Waals surface area contributed by atoms with E-state index in [2.05, 4.69) is 15.9 Å². The molecule has 0 aromatic heterocycles. The lowest BCUT2D eigenvalue weighted by atomic mass is 9.95. The molecular weight excluding hydrogens is 314 g/mol. The highest BCUT2D eigenvalue weighted by atomic mass is 79.9. The van der Waals surface area contributed by atoms with Gasteiger partial charge in [-0.25, -0.2) is 8.78 Å². The summed E-state index contributed by atoms with van der Waals surface area (Å²) in [6.07, 6.45) is -0.626. The summed E-state index contributed by atoms with van der Waals surface area (Å²) in [4.78, 5) is 0. The molecule has 0 fully saturated rings. The van der Waals surface area contributed by atoms with Gasteiger partial charge < -0.3 is 5.11 Å². The van der Waals surface area contributed by atoms with Gasteiger partial charge in [-0.05, 0) is 45.6 Å². The van der Waals surface area contributed by atoms with E-state index in [1.54, 1.807) is 12.1 Å². The average Bonchev–Trinajstić information content (AvgIpc) is 2.43. The van der Waals surface area contributed by atoms with Crippen LogP contribution in [0, 0.1) is 11.6 Å². The van der Waals surface area contributed by atoms with Crippen LogP contribution in [-0.4, -0.2) is 5.11 Å². The van der Waals surface area contributed by atoms with Gasteiger partial charge in [-0.15, -0.1) is 0 Å². The number of hydrogen-bond donors (Lipinski definition) is 1. The Hall–Kier alpha value is -1.26. The van der Waals surface area contributed by atoms with Crippen LogP contribution in [0.4, 0.5) is 8.78 Å². The minimum absolute atomic E-state index is 0.136. The van der Waals surface area contributed by atoms with Crippen molar-refractivity contribution in [2.24, 2.45) is 0 Å². The molecule has 0 spiro atoms. The number of hydrogen-bond acceptors (Lipinski definition) is 1. The number of benzene rings is 2. The van der Waals surface area contributed by atoms with E-state index >= 15 is 0 Å². The summed E-state index contributed by atoms with van der Waals surface area (Å²) >= 11 is 3.00. The van der Waals surface area contributed by atoms with E-state index in [-0.39, 0.29) is 10.0 Å². The Balaban J connectivity index is 2.56. The SMILES string of the molecule is CCc1ccccc1C(O)c1c(F)ccc(Br)c1F. The zero-order valence-corrected chi connectivity index (χ0v) is 11.9. The van der Waals surface area contributed by atoms with Crippen molar-refractivity contribution in [1.82, 2.24) is 0 Å². The van der Waals surface area contributed by atoms with Crippen LogP contribution >= 0.6 is 15.9 Å². The smallest absolute Gasteiger partial charge is 0.146 e. The van der Waals surface area contributed by atoms with E-state index in [1.165, 1.54) is 6.07 Å². The molecule has 1 unspecified atom stereocenters. The zero-order valence-electron chi connectivity index (χ0n) is 10.3. The molecule has 0 bridgehead atoms. The van der Waals surface area contributed by atoms with Crippen molar-refractivity contribution in [3.05, 3.63) is 69.2 Å². The largest absolute Gasteiger partial charge is 0.383 e. The standard InChI is InChI=1S/C15H13BrF2O/c1-2-9-5-3-4-6-10(9)15(19)13-12(17)8-7-11(16)14(13)18/h3-8,15,19H,2H2,1H3. The normalized spacial score (nSPS) is 12.5. The predicted molar refractivity (Wildman–Crippen MR) is 73.9 cm³/mol. The van der Waals surface area contributed by atoms with Crippen molar-refractivity contribution in [3.8, 4) is 0 Å². The summed E-state index contributed by atoms with van der Waals surface area (Å²) in [5, 5.41) is 10.3. The summed E-state index contributed by atoms with van der Waals surface area (Å²) in [5.41, 5.74) is 1.07. The van der Waals surface area contributed by atoms with Crippen molar-refractivity contribution < 1.29 is 13.9 Å². The van der Waals surface area contributed by atoms with Crippen molar-refractivity contribution in [1.29, 1.82) is 0 Å². The summed E-state index contributed by atoms with van der Waals surface area (Å²) in [6.45, 7) is 1.93. The first-order valence-electron chi connectivity index (χ1n) is 5.95. The van der Waals surface area contributed by atoms with Gasteiger partial charge in [-0.3, -0.25) is 0 Å². The van der Waals surface area contributed by atoms with Crippen molar-refractivity contribution in [2.45, 2.75) is 19.4 Å². The molecule has 2 aromatic rings. The summed E-state index contributed by atoms with van der Waals surface area (Å²) < 4.78 is 27.9. The molecule has 4 heteroatoms. The number of halogens is 3. The Morgan fingerprint density at radius 2 is 1.84 bits per heavy atom. The van der Waals surface area contributed by atoms with Gasteiger partial charge in [0.05, 0.1) is 10.0 Å². The van der Waals surface area contributed by atoms with E-state index in [9.17, 15) is 13.9 Å². The van der Waals surface area contributed by atoms with Crippen LogP contribution in [0.1, 0.15) is 29.7 Å². The Labute approximate surface area is 119 Å². The van der Waals surface area contributed by atoms with Crippen LogP contribution in [0.5, 0.6) is 0 Å². The molecule has 0 aliphatic rings. The van der Waals surface area contributed by atoms with Crippen LogP contribution in [0.3, 0.4) is 0 Å². The molecular formula is C15H13BrF2O. The van der Waals surface area contributed by atoms with Gasteiger partial charge in [0.1, 0.15) is 17.7 Å². The second-order valence-corrected chi connectivity index (χ2v) is 5.07. The monoisotopic (exact) mass is 326 g/mol. The molecule has 0 saturated carbocycles. The highest BCUT2D eigenvalue weighted by Crippen LogP contribution is 2.32. The quantitative estimate of drug-likeness (QED) is 0.830.